The first kappa shape index (κ1) is 28.7. The van der Waals surface area contributed by atoms with Crippen molar-refractivity contribution in [2.24, 2.45) is 0 Å². The van der Waals surface area contributed by atoms with Crippen molar-refractivity contribution in [3.63, 3.8) is 0 Å². The van der Waals surface area contributed by atoms with Crippen LogP contribution in [0.5, 0.6) is 0 Å². The minimum atomic E-state index is -1.91. The van der Waals surface area contributed by atoms with Gasteiger partial charge in [0.15, 0.2) is 0 Å². The van der Waals surface area contributed by atoms with Gasteiger partial charge in [0.25, 0.3) is 0 Å². The molecule has 0 saturated carbocycles. The molecule has 4 nitrogen and oxygen atoms in total. The molecule has 5 heteroatoms. The van der Waals surface area contributed by atoms with Crippen LogP contribution in [-0.2, 0) is 19.9 Å². The van der Waals surface area contributed by atoms with Crippen LogP contribution in [0, 0.1) is 0 Å². The van der Waals surface area contributed by atoms with Gasteiger partial charge in [0, 0.05) is 12.8 Å². The highest BCUT2D eigenvalue weighted by atomic mass is 28.3. The molecule has 0 aliphatic carbocycles. The fraction of sp³-hybridized carbons (Fsp3) is 0.278. The number of hydrogen-bond donors (Lipinski definition) is 0. The number of carbonyl (C=O) groups excluding carboxylic acids is 2. The summed E-state index contributed by atoms with van der Waals surface area (Å²) in [6.07, 6.45) is 1.33. The van der Waals surface area contributed by atoms with E-state index in [0.717, 1.165) is 16.7 Å². The maximum atomic E-state index is 13.8. The SMILES string of the molecule is C[C@@H](CC(=O)N1C(=O)CC[C@H]1COC(c1ccccc1)(c1ccccc1)c1ccccc1)[Si](C)(C)c1ccccc1. The third-order valence-corrected chi connectivity index (χ3v) is 13.3. The quantitative estimate of drug-likeness (QED) is 0.156. The summed E-state index contributed by atoms with van der Waals surface area (Å²) in [7, 11) is -1.91. The van der Waals surface area contributed by atoms with Gasteiger partial charge in [-0.25, -0.2) is 0 Å². The first-order valence-electron chi connectivity index (χ1n) is 14.5. The molecular weight excluding hydrogens is 522 g/mol. The molecule has 210 valence electrons. The zero-order chi connectivity index (χ0) is 28.9. The number of rotatable bonds is 10. The summed E-state index contributed by atoms with van der Waals surface area (Å²) in [4.78, 5) is 28.4. The Bertz CT molecular complexity index is 1350. The molecule has 4 aromatic carbocycles. The van der Waals surface area contributed by atoms with E-state index in [9.17, 15) is 9.59 Å². The van der Waals surface area contributed by atoms with E-state index >= 15 is 0 Å². The van der Waals surface area contributed by atoms with Crippen LogP contribution >= 0.6 is 0 Å². The van der Waals surface area contributed by atoms with Crippen LogP contribution in [0.25, 0.3) is 0 Å². The smallest absolute Gasteiger partial charge is 0.229 e. The molecule has 1 heterocycles. The predicted octanol–water partition coefficient (Wildman–Crippen LogP) is 6.91. The number of amides is 2. The Balaban J connectivity index is 1.43. The second-order valence-corrected chi connectivity index (χ2v) is 16.6. The Kier molecular flexibility index (Phi) is 8.67. The molecule has 0 spiro atoms. The zero-order valence-corrected chi connectivity index (χ0v) is 25.2. The van der Waals surface area contributed by atoms with E-state index in [1.165, 1.54) is 10.1 Å². The van der Waals surface area contributed by atoms with E-state index in [4.69, 9.17) is 4.74 Å². The van der Waals surface area contributed by atoms with Crippen molar-refractivity contribution >= 4 is 25.1 Å². The number of carbonyl (C=O) groups is 2. The first-order chi connectivity index (χ1) is 19.8. The molecule has 0 unspecified atom stereocenters. The van der Waals surface area contributed by atoms with Crippen molar-refractivity contribution in [3.05, 3.63) is 138 Å². The summed E-state index contributed by atoms with van der Waals surface area (Å²) in [6, 6.07) is 40.8. The van der Waals surface area contributed by atoms with Gasteiger partial charge in [-0.15, -0.1) is 0 Å². The van der Waals surface area contributed by atoms with E-state index in [1.807, 2.05) is 60.7 Å². The normalized spacial score (nSPS) is 16.5. The van der Waals surface area contributed by atoms with E-state index < -0.39 is 13.7 Å². The molecule has 1 saturated heterocycles. The molecule has 1 fully saturated rings. The van der Waals surface area contributed by atoms with E-state index in [1.54, 1.807) is 0 Å². The molecule has 2 atom stereocenters. The van der Waals surface area contributed by atoms with Gasteiger partial charge in [-0.05, 0) is 28.7 Å². The molecule has 41 heavy (non-hydrogen) atoms. The van der Waals surface area contributed by atoms with Gasteiger partial charge in [-0.1, -0.05) is 147 Å². The van der Waals surface area contributed by atoms with Crippen LogP contribution < -0.4 is 5.19 Å². The lowest BCUT2D eigenvalue weighted by Gasteiger charge is -2.38. The molecule has 0 bridgehead atoms. The van der Waals surface area contributed by atoms with Crippen molar-refractivity contribution in [2.45, 2.75) is 56.5 Å². The standard InChI is InChI=1S/C36H39NO3Si/c1-28(41(2,3)33-22-14-7-15-23-33)26-35(39)37-32(24-25-34(37)38)27-40-36(29-16-8-4-9-17-29,30-18-10-5-11-19-30)31-20-12-6-13-21-31/h4-23,28,32H,24-27H2,1-3H3/t28-,32-/m0/s1. The highest BCUT2D eigenvalue weighted by Crippen LogP contribution is 2.41. The maximum absolute atomic E-state index is 13.8. The topological polar surface area (TPSA) is 46.6 Å². The molecule has 2 amide bonds. The summed E-state index contributed by atoms with van der Waals surface area (Å²) in [5, 5.41) is 1.33. The van der Waals surface area contributed by atoms with Gasteiger partial charge in [0.2, 0.25) is 11.8 Å². The number of benzene rings is 4. The number of nitrogens with zero attached hydrogens (tertiary/aromatic N) is 1. The zero-order valence-electron chi connectivity index (χ0n) is 24.2. The molecule has 1 aliphatic rings. The molecule has 0 aromatic heterocycles. The molecule has 5 rings (SSSR count). The third kappa shape index (κ3) is 5.83. The fourth-order valence-corrected chi connectivity index (χ4v) is 8.31. The van der Waals surface area contributed by atoms with Crippen molar-refractivity contribution < 1.29 is 14.3 Å². The number of ether oxygens (including phenoxy) is 1. The van der Waals surface area contributed by atoms with Crippen LogP contribution in [0.3, 0.4) is 0 Å². The lowest BCUT2D eigenvalue weighted by atomic mass is 9.80. The molecular formula is C36H39NO3Si. The van der Waals surface area contributed by atoms with Crippen molar-refractivity contribution in [1.29, 1.82) is 0 Å². The Morgan fingerprint density at radius 3 is 1.71 bits per heavy atom. The minimum Gasteiger partial charge on any atom is -0.359 e. The Hall–Kier alpha value is -3.80. The molecule has 1 aliphatic heterocycles. The monoisotopic (exact) mass is 561 g/mol. The molecule has 0 radical (unpaired) electrons. The van der Waals surface area contributed by atoms with Gasteiger partial charge >= 0.3 is 0 Å². The number of imide groups is 1. The van der Waals surface area contributed by atoms with Crippen LogP contribution in [-0.4, -0.2) is 37.4 Å². The van der Waals surface area contributed by atoms with E-state index in [2.05, 4.69) is 80.7 Å². The third-order valence-electron chi connectivity index (χ3n) is 8.86. The summed E-state index contributed by atoms with van der Waals surface area (Å²) >= 11 is 0. The van der Waals surface area contributed by atoms with Crippen molar-refractivity contribution in [3.8, 4) is 0 Å². The van der Waals surface area contributed by atoms with Gasteiger partial charge < -0.3 is 4.74 Å². The second-order valence-electron chi connectivity index (χ2n) is 11.6. The largest absolute Gasteiger partial charge is 0.359 e. The summed E-state index contributed by atoms with van der Waals surface area (Å²) < 4.78 is 7.00. The molecule has 0 N–H and O–H groups in total. The summed E-state index contributed by atoms with van der Waals surface area (Å²) in [6.45, 7) is 7.03. The highest BCUT2D eigenvalue weighted by Gasteiger charge is 2.43. The van der Waals surface area contributed by atoms with E-state index in [0.29, 0.717) is 19.3 Å². The van der Waals surface area contributed by atoms with Crippen LogP contribution in [0.15, 0.2) is 121 Å². The van der Waals surface area contributed by atoms with Gasteiger partial charge in [0.05, 0.1) is 20.7 Å². The van der Waals surface area contributed by atoms with Gasteiger partial charge in [-0.2, -0.15) is 0 Å². The van der Waals surface area contributed by atoms with Gasteiger partial charge in [0.1, 0.15) is 5.60 Å². The first-order valence-corrected chi connectivity index (χ1v) is 17.6. The fourth-order valence-electron chi connectivity index (χ4n) is 6.00. The number of likely N-dealkylation sites (tertiary alicyclic amines) is 1. The van der Waals surface area contributed by atoms with E-state index in [-0.39, 0.29) is 30.0 Å². The highest BCUT2D eigenvalue weighted by molar-refractivity contribution is 6.91. The Morgan fingerprint density at radius 2 is 1.24 bits per heavy atom. The second kappa shape index (κ2) is 12.4. The lowest BCUT2D eigenvalue weighted by Crippen LogP contribution is -2.48. The van der Waals surface area contributed by atoms with Crippen molar-refractivity contribution in [1.82, 2.24) is 4.90 Å². The maximum Gasteiger partial charge on any atom is 0.229 e. The molecule has 4 aromatic rings. The minimum absolute atomic E-state index is 0.0881. The lowest BCUT2D eigenvalue weighted by molar-refractivity contribution is -0.146. The predicted molar refractivity (Wildman–Crippen MR) is 168 cm³/mol. The van der Waals surface area contributed by atoms with Crippen LogP contribution in [0.4, 0.5) is 0 Å². The summed E-state index contributed by atoms with van der Waals surface area (Å²) in [5.74, 6) is -0.186. The van der Waals surface area contributed by atoms with Crippen molar-refractivity contribution in [2.75, 3.05) is 6.61 Å². The van der Waals surface area contributed by atoms with Crippen LogP contribution in [0.2, 0.25) is 18.6 Å². The van der Waals surface area contributed by atoms with Crippen LogP contribution in [0.1, 0.15) is 42.9 Å². The summed E-state index contributed by atoms with van der Waals surface area (Å²) in [5.41, 5.74) is 2.31. The Morgan fingerprint density at radius 1 is 0.805 bits per heavy atom. The van der Waals surface area contributed by atoms with Gasteiger partial charge in [-0.3, -0.25) is 14.5 Å². The average Bonchev–Trinajstić information content (AvgIpc) is 3.39. The average molecular weight is 562 g/mol. The number of hydrogen-bond acceptors (Lipinski definition) is 3. The Labute approximate surface area is 245 Å².